The average Bonchev–Trinajstić information content (AvgIpc) is 3.05. The van der Waals surface area contributed by atoms with Crippen LogP contribution in [0.15, 0.2) is 29.3 Å². The topological polar surface area (TPSA) is 62.3 Å². The first-order chi connectivity index (χ1) is 12.4. The molecule has 1 saturated heterocycles. The maximum atomic E-state index is 12.8. The molecule has 5 nitrogen and oxygen atoms in total. The van der Waals surface area contributed by atoms with Crippen LogP contribution in [0.25, 0.3) is 0 Å². The van der Waals surface area contributed by atoms with Crippen LogP contribution in [0, 0.1) is 0 Å². The van der Waals surface area contributed by atoms with Gasteiger partial charge in [-0.1, -0.05) is 11.6 Å². The zero-order valence-electron chi connectivity index (χ0n) is 15.0. The number of aromatic nitrogens is 1. The van der Waals surface area contributed by atoms with E-state index in [1.807, 2.05) is 12.1 Å². The first-order valence-electron chi connectivity index (χ1n) is 8.85. The summed E-state index contributed by atoms with van der Waals surface area (Å²) >= 11 is 7.28. The van der Waals surface area contributed by atoms with Gasteiger partial charge in [-0.15, -0.1) is 11.3 Å². The van der Waals surface area contributed by atoms with Crippen molar-refractivity contribution in [1.82, 2.24) is 4.98 Å². The van der Waals surface area contributed by atoms with E-state index in [-0.39, 0.29) is 0 Å². The van der Waals surface area contributed by atoms with Crippen LogP contribution in [0.4, 0.5) is 11.4 Å². The lowest BCUT2D eigenvalue weighted by atomic mass is 10.1. The van der Waals surface area contributed by atoms with Crippen molar-refractivity contribution in [2.75, 3.05) is 23.3 Å². The second-order valence-corrected chi connectivity index (χ2v) is 10.9. The van der Waals surface area contributed by atoms with E-state index < -0.39 is 15.1 Å². The molecule has 2 aromatic rings. The summed E-state index contributed by atoms with van der Waals surface area (Å²) in [6.45, 7) is 5.94. The number of benzene rings is 1. The molecule has 26 heavy (non-hydrogen) atoms. The first-order valence-corrected chi connectivity index (χ1v) is 11.6. The average molecular weight is 414 g/mol. The van der Waals surface area contributed by atoms with E-state index in [4.69, 9.17) is 11.6 Å². The lowest BCUT2D eigenvalue weighted by Gasteiger charge is -2.29. The normalized spacial score (nSPS) is 15.5. The summed E-state index contributed by atoms with van der Waals surface area (Å²) in [6.07, 6.45) is 5.32. The molecule has 0 radical (unpaired) electrons. The van der Waals surface area contributed by atoms with E-state index in [9.17, 15) is 8.42 Å². The third kappa shape index (κ3) is 4.32. The molecule has 0 aliphatic carbocycles. The summed E-state index contributed by atoms with van der Waals surface area (Å²) in [5.74, 6) is 0. The zero-order valence-corrected chi connectivity index (χ0v) is 17.4. The summed E-state index contributed by atoms with van der Waals surface area (Å²) in [4.78, 5) is 7.68. The molecule has 1 aliphatic heterocycles. The predicted octanol–water partition coefficient (Wildman–Crippen LogP) is 4.58. The van der Waals surface area contributed by atoms with Gasteiger partial charge in [0.1, 0.15) is 0 Å². The fourth-order valence-corrected chi connectivity index (χ4v) is 5.18. The number of anilines is 2. The molecule has 0 spiro atoms. The first kappa shape index (κ1) is 19.5. The van der Waals surface area contributed by atoms with Crippen LogP contribution in [0.3, 0.4) is 0 Å². The lowest BCUT2D eigenvalue weighted by molar-refractivity contribution is 0.577. The van der Waals surface area contributed by atoms with E-state index in [0.29, 0.717) is 21.6 Å². The van der Waals surface area contributed by atoms with Crippen LogP contribution in [0.1, 0.15) is 38.0 Å². The van der Waals surface area contributed by atoms with Crippen LogP contribution in [0.2, 0.25) is 4.47 Å². The highest BCUT2D eigenvalue weighted by molar-refractivity contribution is 7.92. The summed E-state index contributed by atoms with van der Waals surface area (Å²) < 4.78 is 26.0. The van der Waals surface area contributed by atoms with Gasteiger partial charge in [0.05, 0.1) is 22.4 Å². The van der Waals surface area contributed by atoms with Crippen LogP contribution >= 0.6 is 22.9 Å². The third-order valence-electron chi connectivity index (χ3n) is 4.59. The van der Waals surface area contributed by atoms with E-state index in [1.165, 1.54) is 30.6 Å². The Bertz CT molecular complexity index is 859. The quantitative estimate of drug-likeness (QED) is 0.750. The van der Waals surface area contributed by atoms with Crippen LogP contribution in [-0.2, 0) is 16.4 Å². The van der Waals surface area contributed by atoms with Crippen molar-refractivity contribution >= 4 is 44.1 Å². The maximum absolute atomic E-state index is 12.8. The van der Waals surface area contributed by atoms with Crippen molar-refractivity contribution in [3.05, 3.63) is 33.7 Å². The SMILES string of the molecule is CC(C)S(=O)(=O)c1ccc(N2CCCCC2)cc1NCc1cnc(Cl)s1. The molecule has 8 heteroatoms. The van der Waals surface area contributed by atoms with Crippen molar-refractivity contribution in [2.45, 2.75) is 49.8 Å². The molecule has 0 bridgehead atoms. The summed E-state index contributed by atoms with van der Waals surface area (Å²) in [7, 11) is -3.37. The minimum absolute atomic E-state index is 0.351. The number of hydrogen-bond acceptors (Lipinski definition) is 6. The number of hydrogen-bond donors (Lipinski definition) is 1. The summed E-state index contributed by atoms with van der Waals surface area (Å²) in [5.41, 5.74) is 1.71. The Morgan fingerprint density at radius 2 is 2.00 bits per heavy atom. The maximum Gasteiger partial charge on any atom is 0.183 e. The number of halogens is 1. The van der Waals surface area contributed by atoms with Gasteiger partial charge < -0.3 is 10.2 Å². The second kappa shape index (κ2) is 8.15. The minimum Gasteiger partial charge on any atom is -0.379 e. The Balaban J connectivity index is 1.92. The fraction of sp³-hybridized carbons (Fsp3) is 0.500. The van der Waals surface area contributed by atoms with Crippen LogP contribution < -0.4 is 10.2 Å². The van der Waals surface area contributed by atoms with Crippen molar-refractivity contribution in [3.8, 4) is 0 Å². The molecule has 0 unspecified atom stereocenters. The largest absolute Gasteiger partial charge is 0.379 e. The van der Waals surface area contributed by atoms with Gasteiger partial charge in [-0.3, -0.25) is 0 Å². The van der Waals surface area contributed by atoms with E-state index in [0.717, 1.165) is 23.7 Å². The molecular formula is C18H24ClN3O2S2. The molecule has 0 atom stereocenters. The molecule has 1 aromatic carbocycles. The molecule has 1 aromatic heterocycles. The summed E-state index contributed by atoms with van der Waals surface area (Å²) in [5, 5.41) is 2.82. The Morgan fingerprint density at radius 1 is 1.27 bits per heavy atom. The van der Waals surface area contributed by atoms with E-state index in [1.54, 1.807) is 26.1 Å². The highest BCUT2D eigenvalue weighted by Gasteiger charge is 2.24. The smallest absolute Gasteiger partial charge is 0.183 e. The highest BCUT2D eigenvalue weighted by atomic mass is 35.5. The lowest BCUT2D eigenvalue weighted by Crippen LogP contribution is -2.29. The molecule has 1 N–H and O–H groups in total. The number of piperidine rings is 1. The van der Waals surface area contributed by atoms with Gasteiger partial charge in [0.25, 0.3) is 0 Å². The van der Waals surface area contributed by atoms with Gasteiger partial charge >= 0.3 is 0 Å². The zero-order chi connectivity index (χ0) is 18.7. The molecule has 0 amide bonds. The monoisotopic (exact) mass is 413 g/mol. The van der Waals surface area contributed by atoms with Gasteiger partial charge in [-0.05, 0) is 51.3 Å². The Labute approximate surface area is 164 Å². The van der Waals surface area contributed by atoms with Crippen molar-refractivity contribution in [3.63, 3.8) is 0 Å². The molecule has 0 saturated carbocycles. The molecule has 1 fully saturated rings. The standard InChI is InChI=1S/C18H24ClN3O2S2/c1-13(2)26(23,24)17-7-6-14(22-8-4-3-5-9-22)10-16(17)20-11-15-12-21-18(19)25-15/h6-7,10,12-13,20H,3-5,8-9,11H2,1-2H3. The fourth-order valence-electron chi connectivity index (χ4n) is 3.05. The summed E-state index contributed by atoms with van der Waals surface area (Å²) in [6, 6.07) is 5.62. The Hall–Kier alpha value is -1.31. The van der Waals surface area contributed by atoms with Crippen molar-refractivity contribution in [2.24, 2.45) is 0 Å². The highest BCUT2D eigenvalue weighted by Crippen LogP contribution is 2.32. The predicted molar refractivity (Wildman–Crippen MR) is 109 cm³/mol. The Morgan fingerprint density at radius 3 is 2.62 bits per heavy atom. The number of nitrogens with zero attached hydrogens (tertiary/aromatic N) is 2. The molecule has 142 valence electrons. The Kier molecular flexibility index (Phi) is 6.10. The van der Waals surface area contributed by atoms with Gasteiger partial charge in [0.15, 0.2) is 14.3 Å². The molecular weight excluding hydrogens is 390 g/mol. The van der Waals surface area contributed by atoms with Crippen LogP contribution in [0.5, 0.6) is 0 Å². The van der Waals surface area contributed by atoms with E-state index in [2.05, 4.69) is 15.2 Å². The van der Waals surface area contributed by atoms with Crippen LogP contribution in [-0.4, -0.2) is 31.7 Å². The number of nitrogens with one attached hydrogen (secondary N) is 1. The minimum atomic E-state index is -3.37. The molecule has 1 aliphatic rings. The van der Waals surface area contributed by atoms with Gasteiger partial charge in [0.2, 0.25) is 0 Å². The number of thiazole rings is 1. The van der Waals surface area contributed by atoms with Gasteiger partial charge in [-0.2, -0.15) is 0 Å². The number of rotatable bonds is 6. The van der Waals surface area contributed by atoms with E-state index >= 15 is 0 Å². The van der Waals surface area contributed by atoms with Gasteiger partial charge in [0, 0.05) is 29.9 Å². The third-order valence-corrected chi connectivity index (χ3v) is 7.91. The van der Waals surface area contributed by atoms with Gasteiger partial charge in [-0.25, -0.2) is 13.4 Å². The molecule has 2 heterocycles. The van der Waals surface area contributed by atoms with Crippen molar-refractivity contribution < 1.29 is 8.42 Å². The van der Waals surface area contributed by atoms with Crippen molar-refractivity contribution in [1.29, 1.82) is 0 Å². The second-order valence-electron chi connectivity index (χ2n) is 6.76. The molecule has 3 rings (SSSR count). The number of sulfone groups is 1.